The van der Waals surface area contributed by atoms with Crippen LogP contribution in [0.15, 0.2) is 12.4 Å². The van der Waals surface area contributed by atoms with Gasteiger partial charge in [0.25, 0.3) is 0 Å². The number of hydrogen-bond donors (Lipinski definition) is 0. The van der Waals surface area contributed by atoms with Gasteiger partial charge in [-0.15, -0.1) is 0 Å². The standard InChI is InChI=1S/C13H18N4O2/c1-16-4-2-3-10(9-16)11-7-14-8-12(15-11)17-5-6-19-13(17)18/h7-8,10H,2-6,9H2,1H3/t10-/m0/s1. The largest absolute Gasteiger partial charge is 0.447 e. The summed E-state index contributed by atoms with van der Waals surface area (Å²) in [6.45, 7) is 3.13. The molecule has 0 aliphatic carbocycles. The van der Waals surface area contributed by atoms with Crippen LogP contribution in [0.5, 0.6) is 0 Å². The number of carbonyl (C=O) groups is 1. The molecule has 0 spiro atoms. The normalized spacial score (nSPS) is 24.6. The van der Waals surface area contributed by atoms with Crippen LogP contribution >= 0.6 is 0 Å². The molecule has 0 bridgehead atoms. The first kappa shape index (κ1) is 12.3. The van der Waals surface area contributed by atoms with Crippen molar-refractivity contribution < 1.29 is 9.53 Å². The fourth-order valence-corrected chi connectivity index (χ4v) is 2.71. The third-order valence-corrected chi connectivity index (χ3v) is 3.72. The Labute approximate surface area is 112 Å². The van der Waals surface area contributed by atoms with E-state index >= 15 is 0 Å². The Morgan fingerprint density at radius 2 is 2.26 bits per heavy atom. The van der Waals surface area contributed by atoms with Crippen LogP contribution in [-0.2, 0) is 4.74 Å². The topological polar surface area (TPSA) is 58.6 Å². The Bertz CT molecular complexity index is 479. The second-order valence-corrected chi connectivity index (χ2v) is 5.17. The summed E-state index contributed by atoms with van der Waals surface area (Å²) in [6, 6.07) is 0. The van der Waals surface area contributed by atoms with E-state index in [0.717, 1.165) is 25.2 Å². The van der Waals surface area contributed by atoms with Crippen molar-refractivity contribution in [2.45, 2.75) is 18.8 Å². The number of aromatic nitrogens is 2. The summed E-state index contributed by atoms with van der Waals surface area (Å²) in [6.07, 6.45) is 5.43. The van der Waals surface area contributed by atoms with E-state index in [9.17, 15) is 4.79 Å². The third kappa shape index (κ3) is 2.53. The highest BCUT2D eigenvalue weighted by Crippen LogP contribution is 2.26. The number of nitrogens with zero attached hydrogens (tertiary/aromatic N) is 4. The van der Waals surface area contributed by atoms with Gasteiger partial charge in [-0.3, -0.25) is 9.88 Å². The van der Waals surface area contributed by atoms with Crippen molar-refractivity contribution in [2.75, 3.05) is 38.2 Å². The van der Waals surface area contributed by atoms with Gasteiger partial charge in [0.2, 0.25) is 0 Å². The molecule has 2 aliphatic heterocycles. The number of ether oxygens (including phenoxy) is 1. The lowest BCUT2D eigenvalue weighted by Gasteiger charge is -2.29. The van der Waals surface area contributed by atoms with Gasteiger partial charge in [-0.2, -0.15) is 0 Å². The summed E-state index contributed by atoms with van der Waals surface area (Å²) in [5, 5.41) is 0. The van der Waals surface area contributed by atoms with E-state index in [2.05, 4.69) is 21.9 Å². The lowest BCUT2D eigenvalue weighted by molar-refractivity contribution is 0.181. The number of likely N-dealkylation sites (N-methyl/N-ethyl adjacent to an activating group) is 1. The third-order valence-electron chi connectivity index (χ3n) is 3.72. The van der Waals surface area contributed by atoms with Gasteiger partial charge in [0.1, 0.15) is 6.61 Å². The molecule has 2 fully saturated rings. The molecule has 19 heavy (non-hydrogen) atoms. The van der Waals surface area contributed by atoms with Crippen molar-refractivity contribution in [1.82, 2.24) is 14.9 Å². The molecular formula is C13H18N4O2. The van der Waals surface area contributed by atoms with Gasteiger partial charge in [-0.25, -0.2) is 9.78 Å². The van der Waals surface area contributed by atoms with E-state index in [4.69, 9.17) is 4.74 Å². The summed E-state index contributed by atoms with van der Waals surface area (Å²) in [4.78, 5) is 24.2. The van der Waals surface area contributed by atoms with Crippen LogP contribution in [0.4, 0.5) is 10.6 Å². The van der Waals surface area contributed by atoms with E-state index in [0.29, 0.717) is 24.9 Å². The van der Waals surface area contributed by atoms with Crippen LogP contribution in [0.2, 0.25) is 0 Å². The quantitative estimate of drug-likeness (QED) is 0.802. The van der Waals surface area contributed by atoms with Crippen molar-refractivity contribution in [2.24, 2.45) is 0 Å². The van der Waals surface area contributed by atoms with E-state index in [1.54, 1.807) is 11.1 Å². The number of rotatable bonds is 2. The van der Waals surface area contributed by atoms with E-state index in [1.807, 2.05) is 6.20 Å². The van der Waals surface area contributed by atoms with Crippen molar-refractivity contribution in [1.29, 1.82) is 0 Å². The molecule has 0 saturated carbocycles. The van der Waals surface area contributed by atoms with Gasteiger partial charge in [-0.1, -0.05) is 0 Å². The second kappa shape index (κ2) is 5.13. The minimum absolute atomic E-state index is 0.327. The maximum Gasteiger partial charge on any atom is 0.415 e. The fraction of sp³-hybridized carbons (Fsp3) is 0.615. The Kier molecular flexibility index (Phi) is 3.33. The predicted octanol–water partition coefficient (Wildman–Crippen LogP) is 1.24. The molecule has 2 saturated heterocycles. The minimum Gasteiger partial charge on any atom is -0.447 e. The Hall–Kier alpha value is -1.69. The van der Waals surface area contributed by atoms with Crippen molar-refractivity contribution >= 4 is 11.9 Å². The summed E-state index contributed by atoms with van der Waals surface area (Å²) >= 11 is 0. The van der Waals surface area contributed by atoms with Gasteiger partial charge >= 0.3 is 6.09 Å². The molecule has 1 amide bonds. The molecule has 0 aromatic carbocycles. The van der Waals surface area contributed by atoms with Crippen LogP contribution in [0.25, 0.3) is 0 Å². The zero-order valence-corrected chi connectivity index (χ0v) is 11.1. The van der Waals surface area contributed by atoms with Gasteiger partial charge in [0.15, 0.2) is 5.82 Å². The first-order chi connectivity index (χ1) is 9.24. The van der Waals surface area contributed by atoms with Crippen LogP contribution in [0, 0.1) is 0 Å². The molecule has 3 heterocycles. The van der Waals surface area contributed by atoms with Gasteiger partial charge < -0.3 is 9.64 Å². The monoisotopic (exact) mass is 262 g/mol. The Morgan fingerprint density at radius 1 is 1.37 bits per heavy atom. The number of hydrogen-bond acceptors (Lipinski definition) is 5. The molecule has 0 unspecified atom stereocenters. The number of anilines is 1. The summed E-state index contributed by atoms with van der Waals surface area (Å²) in [5.74, 6) is 1.01. The lowest BCUT2D eigenvalue weighted by Crippen LogP contribution is -2.32. The molecule has 6 heteroatoms. The molecule has 1 aromatic rings. The Morgan fingerprint density at radius 3 is 3.00 bits per heavy atom. The SMILES string of the molecule is CN1CCC[C@H](c2cncc(N3CCOC3=O)n2)C1. The number of cyclic esters (lactones) is 1. The number of amides is 1. The highest BCUT2D eigenvalue weighted by atomic mass is 16.6. The van der Waals surface area contributed by atoms with Crippen LogP contribution in [0.1, 0.15) is 24.5 Å². The molecule has 6 nitrogen and oxygen atoms in total. The molecule has 0 N–H and O–H groups in total. The van der Waals surface area contributed by atoms with Crippen LogP contribution in [-0.4, -0.2) is 54.2 Å². The van der Waals surface area contributed by atoms with Crippen molar-refractivity contribution in [3.63, 3.8) is 0 Å². The predicted molar refractivity (Wildman–Crippen MR) is 70.2 cm³/mol. The van der Waals surface area contributed by atoms with Gasteiger partial charge in [0.05, 0.1) is 18.4 Å². The summed E-state index contributed by atoms with van der Waals surface area (Å²) < 4.78 is 4.93. The number of likely N-dealkylation sites (tertiary alicyclic amines) is 1. The average molecular weight is 262 g/mol. The highest BCUT2D eigenvalue weighted by molar-refractivity contribution is 5.87. The highest BCUT2D eigenvalue weighted by Gasteiger charge is 2.26. The zero-order chi connectivity index (χ0) is 13.2. The molecule has 1 atom stereocenters. The zero-order valence-electron chi connectivity index (χ0n) is 11.1. The maximum atomic E-state index is 11.5. The lowest BCUT2D eigenvalue weighted by atomic mass is 9.95. The number of piperidine rings is 1. The van der Waals surface area contributed by atoms with E-state index in [-0.39, 0.29) is 6.09 Å². The minimum atomic E-state index is -0.327. The number of carbonyl (C=O) groups excluding carboxylic acids is 1. The molecular weight excluding hydrogens is 244 g/mol. The summed E-state index contributed by atoms with van der Waals surface area (Å²) in [7, 11) is 2.13. The first-order valence-corrected chi connectivity index (χ1v) is 6.69. The summed E-state index contributed by atoms with van der Waals surface area (Å²) in [5.41, 5.74) is 0.976. The van der Waals surface area contributed by atoms with Crippen molar-refractivity contribution in [3.8, 4) is 0 Å². The molecule has 1 aromatic heterocycles. The van der Waals surface area contributed by atoms with E-state index in [1.165, 1.54) is 6.42 Å². The average Bonchev–Trinajstić information content (AvgIpc) is 2.85. The van der Waals surface area contributed by atoms with Crippen LogP contribution < -0.4 is 4.90 Å². The second-order valence-electron chi connectivity index (χ2n) is 5.17. The Balaban J connectivity index is 1.81. The van der Waals surface area contributed by atoms with Gasteiger partial charge in [-0.05, 0) is 26.4 Å². The first-order valence-electron chi connectivity index (χ1n) is 6.69. The fourth-order valence-electron chi connectivity index (χ4n) is 2.71. The smallest absolute Gasteiger partial charge is 0.415 e. The van der Waals surface area contributed by atoms with Gasteiger partial charge in [0, 0.05) is 18.7 Å². The van der Waals surface area contributed by atoms with E-state index < -0.39 is 0 Å². The maximum absolute atomic E-state index is 11.5. The molecule has 102 valence electrons. The molecule has 2 aliphatic rings. The molecule has 3 rings (SSSR count). The molecule has 0 radical (unpaired) electrons. The van der Waals surface area contributed by atoms with Crippen molar-refractivity contribution in [3.05, 3.63) is 18.1 Å². The van der Waals surface area contributed by atoms with Crippen LogP contribution in [0.3, 0.4) is 0 Å².